The number of furan rings is 1. The van der Waals surface area contributed by atoms with Gasteiger partial charge in [-0.2, -0.15) is 0 Å². The number of carbonyl (C=O) groups is 1. The lowest BCUT2D eigenvalue weighted by Gasteiger charge is -2.16. The fourth-order valence-electron chi connectivity index (χ4n) is 2.25. The summed E-state index contributed by atoms with van der Waals surface area (Å²) >= 11 is 0. The average Bonchev–Trinajstić information content (AvgIpc) is 3.13. The highest BCUT2D eigenvalue weighted by Crippen LogP contribution is 2.39. The van der Waals surface area contributed by atoms with Crippen molar-refractivity contribution in [3.8, 4) is 17.2 Å². The number of hydrogen-bond donors (Lipinski definition) is 3. The molecule has 1 aromatic carbocycles. The third-order valence-electron chi connectivity index (χ3n) is 3.49. The van der Waals surface area contributed by atoms with Gasteiger partial charge in [0, 0.05) is 24.9 Å². The van der Waals surface area contributed by atoms with Crippen molar-refractivity contribution in [3.63, 3.8) is 0 Å². The highest BCUT2D eigenvalue weighted by Gasteiger charge is 2.14. The molecule has 1 aromatic heterocycles. The van der Waals surface area contributed by atoms with Crippen LogP contribution in [0.1, 0.15) is 16.3 Å². The first kappa shape index (κ1) is 22.4. The Bertz CT molecular complexity index is 781. The zero-order valence-electron chi connectivity index (χ0n) is 15.5. The number of nitrogens with one attached hydrogen (secondary N) is 2. The molecule has 9 nitrogen and oxygen atoms in total. The lowest BCUT2D eigenvalue weighted by molar-refractivity contribution is 0.0972. The molecule has 2 rings (SSSR count). The minimum atomic E-state index is -0.615. The summed E-state index contributed by atoms with van der Waals surface area (Å²) in [5, 5.41) is 6.19. The van der Waals surface area contributed by atoms with Crippen LogP contribution in [-0.2, 0) is 6.54 Å². The number of hydrogen-bond acceptors (Lipinski definition) is 6. The van der Waals surface area contributed by atoms with Crippen LogP contribution in [-0.4, -0.2) is 40.2 Å². The van der Waals surface area contributed by atoms with Gasteiger partial charge in [-0.15, -0.1) is 24.0 Å². The first-order valence-electron chi connectivity index (χ1n) is 7.68. The van der Waals surface area contributed by atoms with E-state index < -0.39 is 5.91 Å². The summed E-state index contributed by atoms with van der Waals surface area (Å²) in [7, 11) is 6.25. The highest BCUT2D eigenvalue weighted by molar-refractivity contribution is 14.0. The first-order chi connectivity index (χ1) is 12.5. The summed E-state index contributed by atoms with van der Waals surface area (Å²) in [6, 6.07) is 6.70. The van der Waals surface area contributed by atoms with Crippen molar-refractivity contribution in [2.24, 2.45) is 10.7 Å². The quantitative estimate of drug-likeness (QED) is 0.309. The summed E-state index contributed by atoms with van der Waals surface area (Å²) in [5.41, 5.74) is 5.85. The van der Waals surface area contributed by atoms with E-state index in [-0.39, 0.29) is 29.7 Å². The van der Waals surface area contributed by atoms with Gasteiger partial charge < -0.3 is 35.0 Å². The molecule has 0 saturated carbocycles. The number of amides is 1. The smallest absolute Gasteiger partial charge is 0.284 e. The van der Waals surface area contributed by atoms with Crippen molar-refractivity contribution in [1.29, 1.82) is 0 Å². The molecule has 1 heterocycles. The SMILES string of the molecule is CN=C(NCc1ccc(C(N)=O)o1)Nc1cc(OC)c(OC)c(OC)c1.I. The molecule has 0 bridgehead atoms. The molecule has 0 saturated heterocycles. The molecule has 4 N–H and O–H groups in total. The molecule has 0 aliphatic heterocycles. The zero-order valence-corrected chi connectivity index (χ0v) is 17.8. The zero-order chi connectivity index (χ0) is 19.1. The topological polar surface area (TPSA) is 120 Å². The fraction of sp³-hybridized carbons (Fsp3) is 0.294. The molecule has 1 amide bonds. The monoisotopic (exact) mass is 490 g/mol. The normalized spacial score (nSPS) is 10.6. The molecular formula is C17H23IN4O5. The predicted molar refractivity (Wildman–Crippen MR) is 113 cm³/mol. The fourth-order valence-corrected chi connectivity index (χ4v) is 2.25. The number of anilines is 1. The molecule has 0 radical (unpaired) electrons. The van der Waals surface area contributed by atoms with Crippen molar-refractivity contribution in [1.82, 2.24) is 5.32 Å². The van der Waals surface area contributed by atoms with Gasteiger partial charge in [-0.05, 0) is 12.1 Å². The van der Waals surface area contributed by atoms with Gasteiger partial charge in [0.15, 0.2) is 23.2 Å². The molecule has 2 aromatic rings. The van der Waals surface area contributed by atoms with Gasteiger partial charge in [0.2, 0.25) is 5.75 Å². The summed E-state index contributed by atoms with van der Waals surface area (Å²) in [6.07, 6.45) is 0. The Morgan fingerprint density at radius 2 is 1.78 bits per heavy atom. The van der Waals surface area contributed by atoms with Crippen LogP contribution in [0.4, 0.5) is 5.69 Å². The average molecular weight is 490 g/mol. The molecule has 0 aliphatic carbocycles. The Morgan fingerprint density at radius 1 is 1.15 bits per heavy atom. The van der Waals surface area contributed by atoms with Crippen molar-refractivity contribution >= 4 is 41.5 Å². The summed E-state index contributed by atoms with van der Waals surface area (Å²) in [4.78, 5) is 15.2. The second kappa shape index (κ2) is 10.5. The maximum Gasteiger partial charge on any atom is 0.284 e. The van der Waals surface area contributed by atoms with E-state index in [9.17, 15) is 4.79 Å². The Kier molecular flexibility index (Phi) is 8.72. The minimum absolute atomic E-state index is 0. The van der Waals surface area contributed by atoms with Crippen LogP contribution in [0.2, 0.25) is 0 Å². The van der Waals surface area contributed by atoms with Crippen LogP contribution >= 0.6 is 24.0 Å². The number of halogens is 1. The molecule has 0 spiro atoms. The highest BCUT2D eigenvalue weighted by atomic mass is 127. The Balaban J connectivity index is 0.00000364. The number of benzene rings is 1. The molecule has 0 fully saturated rings. The van der Waals surface area contributed by atoms with Crippen LogP contribution in [0.15, 0.2) is 33.7 Å². The van der Waals surface area contributed by atoms with Gasteiger partial charge in [0.05, 0.1) is 27.9 Å². The molecule has 148 valence electrons. The van der Waals surface area contributed by atoms with E-state index in [2.05, 4.69) is 15.6 Å². The predicted octanol–water partition coefficient (Wildman–Crippen LogP) is 2.21. The van der Waals surface area contributed by atoms with E-state index in [4.69, 9.17) is 24.4 Å². The molecule has 0 aliphatic rings. The van der Waals surface area contributed by atoms with Gasteiger partial charge in [-0.3, -0.25) is 9.79 Å². The van der Waals surface area contributed by atoms with Gasteiger partial charge in [0.1, 0.15) is 5.76 Å². The number of carbonyl (C=O) groups excluding carboxylic acids is 1. The van der Waals surface area contributed by atoms with Crippen molar-refractivity contribution in [3.05, 3.63) is 35.8 Å². The van der Waals surface area contributed by atoms with E-state index in [1.807, 2.05) is 0 Å². The van der Waals surface area contributed by atoms with Crippen molar-refractivity contribution in [2.45, 2.75) is 6.54 Å². The van der Waals surface area contributed by atoms with E-state index in [0.717, 1.165) is 0 Å². The van der Waals surface area contributed by atoms with E-state index >= 15 is 0 Å². The second-order valence-corrected chi connectivity index (χ2v) is 5.09. The third-order valence-corrected chi connectivity index (χ3v) is 3.49. The molecule has 0 atom stereocenters. The largest absolute Gasteiger partial charge is 0.493 e. The number of ether oxygens (including phenoxy) is 3. The summed E-state index contributed by atoms with van der Waals surface area (Å²) in [6.45, 7) is 0.317. The molecule has 27 heavy (non-hydrogen) atoms. The van der Waals surface area contributed by atoms with Crippen molar-refractivity contribution < 1.29 is 23.4 Å². The summed E-state index contributed by atoms with van der Waals surface area (Å²) < 4.78 is 21.3. The number of primary amides is 1. The summed E-state index contributed by atoms with van der Waals surface area (Å²) in [5.74, 6) is 2.05. The number of aliphatic imine (C=N–C) groups is 1. The Hall–Kier alpha value is -2.63. The molecule has 10 heteroatoms. The van der Waals surface area contributed by atoms with Gasteiger partial charge in [-0.25, -0.2) is 0 Å². The van der Waals surface area contributed by atoms with E-state index in [1.165, 1.54) is 13.2 Å². The number of nitrogens with two attached hydrogens (primary N) is 1. The maximum absolute atomic E-state index is 11.1. The second-order valence-electron chi connectivity index (χ2n) is 5.09. The van der Waals surface area contributed by atoms with Crippen LogP contribution in [0, 0.1) is 0 Å². The number of nitrogens with zero attached hydrogens (tertiary/aromatic N) is 1. The first-order valence-corrected chi connectivity index (χ1v) is 7.68. The maximum atomic E-state index is 11.1. The minimum Gasteiger partial charge on any atom is -0.493 e. The standard InChI is InChI=1S/C17H22N4O5.HI/c1-19-17(20-9-11-5-6-12(26-11)16(18)22)21-10-7-13(23-2)15(25-4)14(8-10)24-3;/h5-8H,9H2,1-4H3,(H2,18,22)(H2,19,20,21);1H. The van der Waals surface area contributed by atoms with Crippen LogP contribution in [0.25, 0.3) is 0 Å². The molecule has 0 unspecified atom stereocenters. The Morgan fingerprint density at radius 3 is 2.22 bits per heavy atom. The number of rotatable bonds is 7. The lowest BCUT2D eigenvalue weighted by Crippen LogP contribution is -2.30. The van der Waals surface area contributed by atoms with E-state index in [0.29, 0.717) is 41.2 Å². The van der Waals surface area contributed by atoms with Gasteiger partial charge in [-0.1, -0.05) is 0 Å². The van der Waals surface area contributed by atoms with Crippen LogP contribution < -0.4 is 30.6 Å². The van der Waals surface area contributed by atoms with Crippen LogP contribution in [0.3, 0.4) is 0 Å². The number of guanidine groups is 1. The van der Waals surface area contributed by atoms with Gasteiger partial charge in [0.25, 0.3) is 5.91 Å². The third kappa shape index (κ3) is 5.67. The Labute approximate surface area is 174 Å². The van der Waals surface area contributed by atoms with Gasteiger partial charge >= 0.3 is 0 Å². The van der Waals surface area contributed by atoms with Crippen molar-refractivity contribution in [2.75, 3.05) is 33.7 Å². The number of methoxy groups -OCH3 is 3. The van der Waals surface area contributed by atoms with E-state index in [1.54, 1.807) is 39.5 Å². The molecular weight excluding hydrogens is 467 g/mol. The van der Waals surface area contributed by atoms with Crippen LogP contribution in [0.5, 0.6) is 17.2 Å². The lowest BCUT2D eigenvalue weighted by atomic mass is 10.2.